The van der Waals surface area contributed by atoms with E-state index in [1.807, 2.05) is 30.3 Å². The van der Waals surface area contributed by atoms with Crippen LogP contribution in [0.15, 0.2) is 99.0 Å². The zero-order chi connectivity index (χ0) is 24.0. The van der Waals surface area contributed by atoms with Crippen LogP contribution >= 0.6 is 11.8 Å². The first-order chi connectivity index (χ1) is 17.2. The molecular weight excluding hydrogens is 454 g/mol. The van der Waals surface area contributed by atoms with Gasteiger partial charge in [0, 0.05) is 22.2 Å². The van der Waals surface area contributed by atoms with E-state index in [-0.39, 0.29) is 5.43 Å². The van der Waals surface area contributed by atoms with Gasteiger partial charge in [0.15, 0.2) is 5.43 Å². The Balaban J connectivity index is 1.31. The zero-order valence-electron chi connectivity index (χ0n) is 19.8. The molecule has 1 heterocycles. The van der Waals surface area contributed by atoms with Gasteiger partial charge in [-0.3, -0.25) is 4.79 Å². The highest BCUT2D eigenvalue weighted by Crippen LogP contribution is 2.37. The largest absolute Gasteiger partial charge is 0.497 e. The standard InChI is InChI=1S/C30H29NO3S/c1-33-25-16-12-22(13-17-25)21-10-14-24(15-11-21)31-19-29-30(23-6-5-7-23)28(32)18-26(34-29)20-35-27-8-3-2-4-9-27/h2-4,8-18,23,31H,5-7,19-20H2,1H3. The predicted octanol–water partition coefficient (Wildman–Crippen LogP) is 7.49. The van der Waals surface area contributed by atoms with Crippen molar-refractivity contribution >= 4 is 17.4 Å². The van der Waals surface area contributed by atoms with Gasteiger partial charge >= 0.3 is 0 Å². The van der Waals surface area contributed by atoms with E-state index < -0.39 is 0 Å². The molecule has 0 bridgehead atoms. The van der Waals surface area contributed by atoms with Gasteiger partial charge in [-0.2, -0.15) is 0 Å². The fraction of sp³-hybridized carbons (Fsp3) is 0.233. The van der Waals surface area contributed by atoms with Crippen LogP contribution in [0.5, 0.6) is 5.75 Å². The minimum atomic E-state index is 0.108. The number of rotatable bonds is 9. The second-order valence-electron chi connectivity index (χ2n) is 8.80. The first kappa shape index (κ1) is 23.3. The minimum Gasteiger partial charge on any atom is -0.497 e. The number of methoxy groups -OCH3 is 1. The SMILES string of the molecule is COc1ccc(-c2ccc(NCc3oc(CSc4ccccc4)cc(=O)c3C3CCC3)cc2)cc1. The summed E-state index contributed by atoms with van der Waals surface area (Å²) in [5.41, 5.74) is 4.23. The molecule has 0 aliphatic heterocycles. The maximum absolute atomic E-state index is 13.1. The van der Waals surface area contributed by atoms with Gasteiger partial charge in [-0.25, -0.2) is 0 Å². The van der Waals surface area contributed by atoms with Crippen molar-refractivity contribution in [1.29, 1.82) is 0 Å². The van der Waals surface area contributed by atoms with E-state index in [1.54, 1.807) is 24.9 Å². The molecule has 4 aromatic rings. The maximum atomic E-state index is 13.1. The number of benzene rings is 3. The number of hydrogen-bond acceptors (Lipinski definition) is 5. The summed E-state index contributed by atoms with van der Waals surface area (Å²) in [7, 11) is 1.67. The summed E-state index contributed by atoms with van der Waals surface area (Å²) < 4.78 is 11.6. The summed E-state index contributed by atoms with van der Waals surface area (Å²) in [6, 6.07) is 28.3. The quantitative estimate of drug-likeness (QED) is 0.250. The first-order valence-corrected chi connectivity index (χ1v) is 13.0. The zero-order valence-corrected chi connectivity index (χ0v) is 20.6. The second-order valence-corrected chi connectivity index (χ2v) is 9.85. The molecule has 1 N–H and O–H groups in total. The Morgan fingerprint density at radius 3 is 2.26 bits per heavy atom. The molecule has 35 heavy (non-hydrogen) atoms. The van der Waals surface area contributed by atoms with E-state index in [4.69, 9.17) is 9.15 Å². The Kier molecular flexibility index (Phi) is 7.24. The Bertz CT molecular complexity index is 1310. The molecule has 0 radical (unpaired) electrons. The molecule has 1 fully saturated rings. The van der Waals surface area contributed by atoms with Crippen LogP contribution in [0.25, 0.3) is 11.1 Å². The van der Waals surface area contributed by atoms with Crippen LogP contribution < -0.4 is 15.5 Å². The molecule has 4 nitrogen and oxygen atoms in total. The Morgan fingerprint density at radius 1 is 0.943 bits per heavy atom. The van der Waals surface area contributed by atoms with Crippen molar-refractivity contribution in [3.05, 3.63) is 112 Å². The summed E-state index contributed by atoms with van der Waals surface area (Å²) in [5.74, 6) is 3.29. The molecule has 1 aliphatic carbocycles. The van der Waals surface area contributed by atoms with Crippen LogP contribution in [-0.2, 0) is 12.3 Å². The van der Waals surface area contributed by atoms with E-state index in [0.29, 0.717) is 18.2 Å². The topological polar surface area (TPSA) is 51.5 Å². The van der Waals surface area contributed by atoms with Crippen molar-refractivity contribution in [1.82, 2.24) is 0 Å². The van der Waals surface area contributed by atoms with Gasteiger partial charge in [0.05, 0.1) is 19.4 Å². The summed E-state index contributed by atoms with van der Waals surface area (Å²) in [4.78, 5) is 14.2. The lowest BCUT2D eigenvalue weighted by atomic mass is 9.79. The molecule has 1 saturated carbocycles. The van der Waals surface area contributed by atoms with Gasteiger partial charge in [-0.15, -0.1) is 11.8 Å². The highest BCUT2D eigenvalue weighted by Gasteiger charge is 2.26. The molecule has 5 heteroatoms. The van der Waals surface area contributed by atoms with Crippen LogP contribution in [0.3, 0.4) is 0 Å². The van der Waals surface area contributed by atoms with Crippen LogP contribution in [0.4, 0.5) is 5.69 Å². The summed E-state index contributed by atoms with van der Waals surface area (Å²) in [5, 5.41) is 3.47. The van der Waals surface area contributed by atoms with Crippen molar-refractivity contribution in [2.24, 2.45) is 0 Å². The van der Waals surface area contributed by atoms with Crippen LogP contribution in [0, 0.1) is 0 Å². The molecule has 1 aromatic heterocycles. The molecule has 0 atom stereocenters. The van der Waals surface area contributed by atoms with Gasteiger partial charge in [-0.1, -0.05) is 48.9 Å². The fourth-order valence-electron chi connectivity index (χ4n) is 4.35. The van der Waals surface area contributed by atoms with Crippen LogP contribution in [0.2, 0.25) is 0 Å². The number of thioether (sulfide) groups is 1. The van der Waals surface area contributed by atoms with Crippen LogP contribution in [0.1, 0.15) is 42.3 Å². The molecule has 5 rings (SSSR count). The van der Waals surface area contributed by atoms with E-state index >= 15 is 0 Å². The van der Waals surface area contributed by atoms with Gasteiger partial charge < -0.3 is 14.5 Å². The Morgan fingerprint density at radius 2 is 1.63 bits per heavy atom. The lowest BCUT2D eigenvalue weighted by molar-refractivity contribution is 0.385. The van der Waals surface area contributed by atoms with Crippen LogP contribution in [-0.4, -0.2) is 7.11 Å². The Hall–Kier alpha value is -3.44. The molecule has 0 amide bonds. The van der Waals surface area contributed by atoms with Crippen molar-refractivity contribution in [2.75, 3.05) is 12.4 Å². The Labute approximate surface area is 210 Å². The smallest absolute Gasteiger partial charge is 0.188 e. The third kappa shape index (κ3) is 5.63. The molecule has 0 spiro atoms. The van der Waals surface area contributed by atoms with E-state index in [1.165, 1.54) is 6.42 Å². The first-order valence-electron chi connectivity index (χ1n) is 12.0. The molecule has 178 valence electrons. The van der Waals surface area contributed by atoms with Gasteiger partial charge in [0.2, 0.25) is 0 Å². The fourth-order valence-corrected chi connectivity index (χ4v) is 5.15. The summed E-state index contributed by atoms with van der Waals surface area (Å²) in [6.07, 6.45) is 3.30. The van der Waals surface area contributed by atoms with E-state index in [2.05, 4.69) is 53.8 Å². The second kappa shape index (κ2) is 10.9. The predicted molar refractivity (Wildman–Crippen MR) is 143 cm³/mol. The number of nitrogens with one attached hydrogen (secondary N) is 1. The minimum absolute atomic E-state index is 0.108. The third-order valence-electron chi connectivity index (χ3n) is 6.51. The monoisotopic (exact) mass is 483 g/mol. The number of ether oxygens (including phenoxy) is 1. The van der Waals surface area contributed by atoms with Crippen molar-refractivity contribution in [3.63, 3.8) is 0 Å². The lowest BCUT2D eigenvalue weighted by Crippen LogP contribution is -2.22. The van der Waals surface area contributed by atoms with E-state index in [9.17, 15) is 4.79 Å². The molecule has 1 aliphatic rings. The van der Waals surface area contributed by atoms with Crippen molar-refractivity contribution in [3.8, 4) is 16.9 Å². The lowest BCUT2D eigenvalue weighted by Gasteiger charge is -2.26. The molecule has 0 saturated heterocycles. The van der Waals surface area contributed by atoms with Crippen molar-refractivity contribution < 1.29 is 9.15 Å². The third-order valence-corrected chi connectivity index (χ3v) is 7.55. The van der Waals surface area contributed by atoms with Crippen molar-refractivity contribution in [2.45, 2.75) is 42.4 Å². The average molecular weight is 484 g/mol. The highest BCUT2D eigenvalue weighted by atomic mass is 32.2. The normalized spacial score (nSPS) is 13.3. The van der Waals surface area contributed by atoms with Gasteiger partial charge in [-0.05, 0) is 66.3 Å². The summed E-state index contributed by atoms with van der Waals surface area (Å²) >= 11 is 1.68. The molecular formula is C30H29NO3S. The number of anilines is 1. The highest BCUT2D eigenvalue weighted by molar-refractivity contribution is 7.98. The average Bonchev–Trinajstić information content (AvgIpc) is 2.88. The summed E-state index contributed by atoms with van der Waals surface area (Å²) in [6.45, 7) is 0.493. The van der Waals surface area contributed by atoms with Gasteiger partial charge in [0.1, 0.15) is 17.3 Å². The molecule has 0 unspecified atom stereocenters. The number of hydrogen-bond donors (Lipinski definition) is 1. The maximum Gasteiger partial charge on any atom is 0.188 e. The van der Waals surface area contributed by atoms with E-state index in [0.717, 1.165) is 57.4 Å². The van der Waals surface area contributed by atoms with Gasteiger partial charge in [0.25, 0.3) is 0 Å². The molecule has 3 aromatic carbocycles.